The number of aromatic nitrogens is 1. The molecule has 1 saturated heterocycles. The smallest absolute Gasteiger partial charge is 0.227 e. The summed E-state index contributed by atoms with van der Waals surface area (Å²) in [5, 5.41) is 0. The van der Waals surface area contributed by atoms with E-state index in [0.717, 1.165) is 11.1 Å². The summed E-state index contributed by atoms with van der Waals surface area (Å²) in [4.78, 5) is 18.6. The van der Waals surface area contributed by atoms with Crippen LogP contribution in [0.15, 0.2) is 59.1 Å². The molecule has 1 aliphatic rings. The molecular weight excluding hydrogens is 378 g/mol. The highest BCUT2D eigenvalue weighted by Gasteiger charge is 2.28. The fourth-order valence-electron chi connectivity index (χ4n) is 3.27. The van der Waals surface area contributed by atoms with E-state index in [0.29, 0.717) is 37.8 Å². The molecule has 1 atom stereocenters. The largest absolute Gasteiger partial charge is 0.442 e. The quantitative estimate of drug-likeness (QED) is 0.658. The summed E-state index contributed by atoms with van der Waals surface area (Å²) in [6.45, 7) is 1.21. The Balaban J connectivity index is 1.38. The van der Waals surface area contributed by atoms with Gasteiger partial charge in [-0.05, 0) is 35.4 Å². The molecule has 4 rings (SSSR count). The Hall–Kier alpha value is -3.06. The third-order valence-corrected chi connectivity index (χ3v) is 4.83. The van der Waals surface area contributed by atoms with Crippen molar-refractivity contribution in [1.29, 1.82) is 0 Å². The second kappa shape index (κ2) is 8.53. The first-order valence-corrected chi connectivity index (χ1v) is 9.40. The Bertz CT molecular complexity index is 970. The molecule has 1 fully saturated rings. The van der Waals surface area contributed by atoms with Gasteiger partial charge >= 0.3 is 0 Å². The minimum atomic E-state index is -0.442. The number of rotatable bonds is 5. The predicted octanol–water partition coefficient (Wildman–Crippen LogP) is 3.69. The Morgan fingerprint density at radius 1 is 1.03 bits per heavy atom. The van der Waals surface area contributed by atoms with Crippen LogP contribution in [-0.2, 0) is 22.4 Å². The van der Waals surface area contributed by atoms with Crippen molar-refractivity contribution in [2.45, 2.75) is 18.9 Å². The summed E-state index contributed by atoms with van der Waals surface area (Å²) in [6, 6.07) is 12.1. The number of halogens is 2. The van der Waals surface area contributed by atoms with Crippen molar-refractivity contribution in [3.05, 3.63) is 89.1 Å². The fraction of sp³-hybridized carbons (Fsp3) is 0.273. The lowest BCUT2D eigenvalue weighted by atomic mass is 10.1. The predicted molar refractivity (Wildman–Crippen MR) is 101 cm³/mol. The lowest BCUT2D eigenvalue weighted by molar-refractivity contribution is -0.139. The molecule has 2 heterocycles. The first-order chi connectivity index (χ1) is 14.1. The third-order valence-electron chi connectivity index (χ3n) is 4.83. The molecule has 2 aromatic carbocycles. The van der Waals surface area contributed by atoms with Gasteiger partial charge in [0.25, 0.3) is 0 Å². The van der Waals surface area contributed by atoms with Crippen LogP contribution in [0.2, 0.25) is 0 Å². The zero-order valence-electron chi connectivity index (χ0n) is 15.7. The Morgan fingerprint density at radius 2 is 1.69 bits per heavy atom. The van der Waals surface area contributed by atoms with E-state index in [-0.39, 0.29) is 24.0 Å². The number of oxazole rings is 1. The Morgan fingerprint density at radius 3 is 2.38 bits per heavy atom. The molecule has 29 heavy (non-hydrogen) atoms. The van der Waals surface area contributed by atoms with E-state index in [9.17, 15) is 13.6 Å². The van der Waals surface area contributed by atoms with Crippen LogP contribution in [0.4, 0.5) is 8.78 Å². The van der Waals surface area contributed by atoms with E-state index in [1.54, 1.807) is 35.4 Å². The van der Waals surface area contributed by atoms with Crippen molar-refractivity contribution in [2.75, 3.05) is 19.7 Å². The highest BCUT2D eigenvalue weighted by molar-refractivity contribution is 5.78. The van der Waals surface area contributed by atoms with Gasteiger partial charge in [-0.15, -0.1) is 0 Å². The number of nitrogens with zero attached hydrogens (tertiary/aromatic N) is 2. The van der Waals surface area contributed by atoms with Crippen molar-refractivity contribution < 1.29 is 22.7 Å². The van der Waals surface area contributed by atoms with Gasteiger partial charge in [-0.3, -0.25) is 4.79 Å². The van der Waals surface area contributed by atoms with Crippen LogP contribution in [0, 0.1) is 11.6 Å². The highest BCUT2D eigenvalue weighted by atomic mass is 19.1. The van der Waals surface area contributed by atoms with E-state index < -0.39 is 6.10 Å². The van der Waals surface area contributed by atoms with E-state index >= 15 is 0 Å². The number of amides is 1. The topological polar surface area (TPSA) is 55.6 Å². The van der Waals surface area contributed by atoms with Crippen molar-refractivity contribution in [2.24, 2.45) is 0 Å². The molecular formula is C22H20F2N2O3. The van der Waals surface area contributed by atoms with Crippen molar-refractivity contribution >= 4 is 5.91 Å². The first kappa shape index (κ1) is 19.3. The molecule has 0 unspecified atom stereocenters. The Kier molecular flexibility index (Phi) is 5.67. The molecule has 0 N–H and O–H groups in total. The summed E-state index contributed by atoms with van der Waals surface area (Å²) >= 11 is 0. The number of benzene rings is 2. The monoisotopic (exact) mass is 398 g/mol. The van der Waals surface area contributed by atoms with Crippen LogP contribution < -0.4 is 0 Å². The first-order valence-electron chi connectivity index (χ1n) is 9.40. The van der Waals surface area contributed by atoms with Crippen molar-refractivity contribution in [1.82, 2.24) is 9.88 Å². The minimum absolute atomic E-state index is 0.0528. The molecule has 0 aliphatic carbocycles. The number of carbonyl (C=O) groups excluding carboxylic acids is 1. The maximum absolute atomic E-state index is 13.0. The van der Waals surface area contributed by atoms with E-state index in [2.05, 4.69) is 4.98 Å². The second-order valence-electron chi connectivity index (χ2n) is 6.97. The highest BCUT2D eigenvalue weighted by Crippen LogP contribution is 2.23. The van der Waals surface area contributed by atoms with Gasteiger partial charge in [0.05, 0.1) is 25.8 Å². The fourth-order valence-corrected chi connectivity index (χ4v) is 3.27. The standard InChI is InChI=1S/C22H20F2N2O3/c23-17-5-1-15(2-6-17)11-19-13-25-22(29-19)20-14-26(9-10-28-20)21(27)12-16-3-7-18(24)8-4-16/h1-8,13,20H,9-12,14H2/t20-/m0/s1. The lowest BCUT2D eigenvalue weighted by Gasteiger charge is -2.31. The van der Waals surface area contributed by atoms with Gasteiger partial charge in [0.2, 0.25) is 11.8 Å². The van der Waals surface area contributed by atoms with Crippen LogP contribution >= 0.6 is 0 Å². The van der Waals surface area contributed by atoms with Crippen LogP contribution in [0.25, 0.3) is 0 Å². The average molecular weight is 398 g/mol. The molecule has 7 heteroatoms. The summed E-state index contributed by atoms with van der Waals surface area (Å²) in [5.74, 6) is 0.398. The van der Waals surface area contributed by atoms with Crippen LogP contribution in [0.1, 0.15) is 28.9 Å². The molecule has 0 radical (unpaired) electrons. The van der Waals surface area contributed by atoms with Crippen LogP contribution in [0.3, 0.4) is 0 Å². The minimum Gasteiger partial charge on any atom is -0.442 e. The zero-order chi connectivity index (χ0) is 20.2. The average Bonchev–Trinajstić information content (AvgIpc) is 3.20. The molecule has 0 bridgehead atoms. The normalized spacial score (nSPS) is 16.8. The Labute approximate surface area is 166 Å². The van der Waals surface area contributed by atoms with Gasteiger partial charge in [0.1, 0.15) is 17.4 Å². The van der Waals surface area contributed by atoms with Crippen molar-refractivity contribution in [3.8, 4) is 0 Å². The molecule has 0 saturated carbocycles. The van der Waals surface area contributed by atoms with Gasteiger partial charge in [-0.1, -0.05) is 24.3 Å². The van der Waals surface area contributed by atoms with Gasteiger partial charge in [-0.25, -0.2) is 13.8 Å². The number of hydrogen-bond acceptors (Lipinski definition) is 4. The number of hydrogen-bond donors (Lipinski definition) is 0. The summed E-state index contributed by atoms with van der Waals surface area (Å²) in [7, 11) is 0. The molecule has 1 aromatic heterocycles. The molecule has 1 amide bonds. The zero-order valence-corrected chi connectivity index (χ0v) is 15.7. The SMILES string of the molecule is O=C(Cc1ccc(F)cc1)N1CCO[C@H](c2ncc(Cc3ccc(F)cc3)o2)C1. The van der Waals surface area contributed by atoms with Crippen LogP contribution in [0.5, 0.6) is 0 Å². The molecule has 5 nitrogen and oxygen atoms in total. The second-order valence-corrected chi connectivity index (χ2v) is 6.97. The van der Waals surface area contributed by atoms with Crippen molar-refractivity contribution in [3.63, 3.8) is 0 Å². The van der Waals surface area contributed by atoms with Gasteiger partial charge in [0.15, 0.2) is 6.10 Å². The van der Waals surface area contributed by atoms with E-state index in [1.165, 1.54) is 24.3 Å². The van der Waals surface area contributed by atoms with Gasteiger partial charge in [-0.2, -0.15) is 0 Å². The van der Waals surface area contributed by atoms with Gasteiger partial charge in [0, 0.05) is 13.0 Å². The van der Waals surface area contributed by atoms with E-state index in [1.807, 2.05) is 0 Å². The summed E-state index contributed by atoms with van der Waals surface area (Å²) in [5.41, 5.74) is 1.67. The maximum atomic E-state index is 13.0. The van der Waals surface area contributed by atoms with Crippen LogP contribution in [-0.4, -0.2) is 35.5 Å². The maximum Gasteiger partial charge on any atom is 0.227 e. The number of carbonyl (C=O) groups is 1. The molecule has 150 valence electrons. The molecule has 3 aromatic rings. The lowest BCUT2D eigenvalue weighted by Crippen LogP contribution is -2.43. The van der Waals surface area contributed by atoms with Gasteiger partial charge < -0.3 is 14.1 Å². The summed E-state index contributed by atoms with van der Waals surface area (Å²) in [6.07, 6.45) is 1.88. The van der Waals surface area contributed by atoms with E-state index in [4.69, 9.17) is 9.15 Å². The number of ether oxygens (including phenoxy) is 1. The third kappa shape index (κ3) is 4.86. The molecule has 1 aliphatic heterocycles. The number of morpholine rings is 1. The summed E-state index contributed by atoms with van der Waals surface area (Å²) < 4.78 is 37.6. The molecule has 0 spiro atoms.